The van der Waals surface area contributed by atoms with E-state index in [1.807, 2.05) is 6.92 Å². The lowest BCUT2D eigenvalue weighted by atomic mass is 10.2. The number of rotatable bonds is 6. The number of carbonyl (C=O) groups is 2. The van der Waals surface area contributed by atoms with E-state index in [2.05, 4.69) is 4.72 Å². The molecule has 1 fully saturated rings. The standard InChI is InChI=1S/C15H20N2O5S/c1-12-4-6-13(7-5-12)23(20,21)16-10-15(19)22-11-14(18)17-8-2-3-9-17/h4-7,16H,2-3,8-11H2,1H3. The van der Waals surface area contributed by atoms with Crippen LogP contribution in [0.1, 0.15) is 18.4 Å². The fraction of sp³-hybridized carbons (Fsp3) is 0.467. The summed E-state index contributed by atoms with van der Waals surface area (Å²) in [6.07, 6.45) is 1.91. The number of esters is 1. The Morgan fingerprint density at radius 3 is 2.39 bits per heavy atom. The van der Waals surface area contributed by atoms with Crippen LogP contribution in [0.2, 0.25) is 0 Å². The Morgan fingerprint density at radius 1 is 1.17 bits per heavy atom. The van der Waals surface area contributed by atoms with Crippen molar-refractivity contribution in [3.63, 3.8) is 0 Å². The topological polar surface area (TPSA) is 92.8 Å². The number of amides is 1. The summed E-state index contributed by atoms with van der Waals surface area (Å²) in [5.74, 6) is -1.04. The van der Waals surface area contributed by atoms with Crippen LogP contribution in [0.4, 0.5) is 0 Å². The van der Waals surface area contributed by atoms with Crippen molar-refractivity contribution in [2.45, 2.75) is 24.7 Å². The second-order valence-corrected chi connectivity index (χ2v) is 7.15. The fourth-order valence-corrected chi connectivity index (χ4v) is 3.17. The van der Waals surface area contributed by atoms with E-state index in [0.29, 0.717) is 13.1 Å². The first-order valence-electron chi connectivity index (χ1n) is 7.38. The van der Waals surface area contributed by atoms with Gasteiger partial charge in [0.15, 0.2) is 6.61 Å². The molecule has 1 N–H and O–H groups in total. The molecule has 8 heteroatoms. The zero-order chi connectivity index (χ0) is 16.9. The highest BCUT2D eigenvalue weighted by Gasteiger charge is 2.20. The Kier molecular flexibility index (Phi) is 5.73. The predicted molar refractivity (Wildman–Crippen MR) is 83.1 cm³/mol. The van der Waals surface area contributed by atoms with Gasteiger partial charge >= 0.3 is 5.97 Å². The molecule has 0 radical (unpaired) electrons. The number of nitrogens with one attached hydrogen (secondary N) is 1. The molecule has 0 bridgehead atoms. The van der Waals surface area contributed by atoms with Gasteiger partial charge in [-0.25, -0.2) is 8.42 Å². The molecule has 0 unspecified atom stereocenters. The number of benzene rings is 1. The monoisotopic (exact) mass is 340 g/mol. The molecule has 0 aromatic heterocycles. The van der Waals surface area contributed by atoms with Gasteiger partial charge < -0.3 is 9.64 Å². The van der Waals surface area contributed by atoms with Crippen molar-refractivity contribution in [1.29, 1.82) is 0 Å². The molecule has 0 atom stereocenters. The maximum absolute atomic E-state index is 12.0. The van der Waals surface area contributed by atoms with Crippen LogP contribution in [0.15, 0.2) is 29.2 Å². The molecule has 0 spiro atoms. The summed E-state index contributed by atoms with van der Waals surface area (Å²) in [5, 5.41) is 0. The summed E-state index contributed by atoms with van der Waals surface area (Å²) in [4.78, 5) is 25.0. The second kappa shape index (κ2) is 7.56. The molecule has 2 rings (SSSR count). The van der Waals surface area contributed by atoms with Gasteiger partial charge in [0, 0.05) is 13.1 Å². The molecular formula is C15H20N2O5S. The Labute approximate surface area is 135 Å². The molecule has 0 aliphatic carbocycles. The maximum atomic E-state index is 12.0. The fourth-order valence-electron chi connectivity index (χ4n) is 2.21. The van der Waals surface area contributed by atoms with Crippen molar-refractivity contribution in [3.05, 3.63) is 29.8 Å². The molecule has 126 valence electrons. The Bertz CT molecular complexity index is 664. The highest BCUT2D eigenvalue weighted by molar-refractivity contribution is 7.89. The van der Waals surface area contributed by atoms with Crippen LogP contribution in [0.5, 0.6) is 0 Å². The molecule has 1 aromatic carbocycles. The summed E-state index contributed by atoms with van der Waals surface area (Å²) >= 11 is 0. The van der Waals surface area contributed by atoms with Gasteiger partial charge in [-0.1, -0.05) is 17.7 Å². The molecule has 7 nitrogen and oxygen atoms in total. The van der Waals surface area contributed by atoms with E-state index in [4.69, 9.17) is 4.74 Å². The van der Waals surface area contributed by atoms with Crippen LogP contribution in [0, 0.1) is 6.92 Å². The van der Waals surface area contributed by atoms with Gasteiger partial charge in [0.05, 0.1) is 4.90 Å². The minimum atomic E-state index is -3.77. The Morgan fingerprint density at radius 2 is 1.78 bits per heavy atom. The van der Waals surface area contributed by atoms with Crippen molar-refractivity contribution < 1.29 is 22.7 Å². The molecule has 1 aliphatic heterocycles. The van der Waals surface area contributed by atoms with Crippen LogP contribution in [-0.4, -0.2) is 51.4 Å². The average Bonchev–Trinajstić information content (AvgIpc) is 3.05. The number of hydrogen-bond donors (Lipinski definition) is 1. The molecule has 23 heavy (non-hydrogen) atoms. The second-order valence-electron chi connectivity index (χ2n) is 5.39. The van der Waals surface area contributed by atoms with Gasteiger partial charge in [-0.05, 0) is 31.9 Å². The molecule has 0 saturated carbocycles. The molecule has 1 saturated heterocycles. The molecular weight excluding hydrogens is 320 g/mol. The first kappa shape index (κ1) is 17.4. The van der Waals surface area contributed by atoms with Crippen LogP contribution in [-0.2, 0) is 24.3 Å². The molecule has 1 aromatic rings. The van der Waals surface area contributed by atoms with Gasteiger partial charge in [0.2, 0.25) is 10.0 Å². The normalized spacial score (nSPS) is 14.7. The Hall–Kier alpha value is -1.93. The maximum Gasteiger partial charge on any atom is 0.321 e. The predicted octanol–water partition coefficient (Wildman–Crippen LogP) is 0.439. The van der Waals surface area contributed by atoms with Crippen LogP contribution in [0.25, 0.3) is 0 Å². The molecule has 1 amide bonds. The van der Waals surface area contributed by atoms with E-state index in [1.54, 1.807) is 17.0 Å². The summed E-state index contributed by atoms with van der Waals surface area (Å²) in [6, 6.07) is 6.25. The number of hydrogen-bond acceptors (Lipinski definition) is 5. The van der Waals surface area contributed by atoms with Crippen molar-refractivity contribution in [3.8, 4) is 0 Å². The summed E-state index contributed by atoms with van der Waals surface area (Å²) in [7, 11) is -3.77. The van der Waals surface area contributed by atoms with Crippen molar-refractivity contribution in [2.75, 3.05) is 26.2 Å². The summed E-state index contributed by atoms with van der Waals surface area (Å²) < 4.78 is 31.0. The van der Waals surface area contributed by atoms with Gasteiger partial charge in [-0.15, -0.1) is 0 Å². The lowest BCUT2D eigenvalue weighted by Gasteiger charge is -2.15. The summed E-state index contributed by atoms with van der Waals surface area (Å²) in [6.45, 7) is 2.33. The smallest absolute Gasteiger partial charge is 0.321 e. The Balaban J connectivity index is 1.79. The largest absolute Gasteiger partial charge is 0.455 e. The minimum absolute atomic E-state index is 0.0732. The number of sulfonamides is 1. The van der Waals surface area contributed by atoms with E-state index in [9.17, 15) is 18.0 Å². The van der Waals surface area contributed by atoms with E-state index in [0.717, 1.165) is 18.4 Å². The molecule has 1 heterocycles. The third-order valence-corrected chi connectivity index (χ3v) is 4.97. The third-order valence-electron chi connectivity index (χ3n) is 3.55. The minimum Gasteiger partial charge on any atom is -0.455 e. The van der Waals surface area contributed by atoms with Crippen LogP contribution in [0.3, 0.4) is 0 Å². The van der Waals surface area contributed by atoms with Gasteiger partial charge in [-0.2, -0.15) is 4.72 Å². The first-order valence-corrected chi connectivity index (χ1v) is 8.86. The summed E-state index contributed by atoms with van der Waals surface area (Å²) in [5.41, 5.74) is 0.934. The zero-order valence-corrected chi connectivity index (χ0v) is 13.8. The van der Waals surface area contributed by atoms with Gasteiger partial charge in [-0.3, -0.25) is 9.59 Å². The van der Waals surface area contributed by atoms with Gasteiger partial charge in [0.25, 0.3) is 5.91 Å². The van der Waals surface area contributed by atoms with Crippen LogP contribution >= 0.6 is 0 Å². The highest BCUT2D eigenvalue weighted by atomic mass is 32.2. The van der Waals surface area contributed by atoms with E-state index >= 15 is 0 Å². The van der Waals surface area contributed by atoms with Crippen molar-refractivity contribution in [1.82, 2.24) is 9.62 Å². The molecule has 1 aliphatic rings. The van der Waals surface area contributed by atoms with Crippen molar-refractivity contribution >= 4 is 21.9 Å². The number of likely N-dealkylation sites (tertiary alicyclic amines) is 1. The lowest BCUT2D eigenvalue weighted by Crippen LogP contribution is -2.35. The quantitative estimate of drug-likeness (QED) is 0.759. The third kappa shape index (κ3) is 5.04. The van der Waals surface area contributed by atoms with Crippen LogP contribution < -0.4 is 4.72 Å². The number of ether oxygens (including phenoxy) is 1. The lowest BCUT2D eigenvalue weighted by molar-refractivity contribution is -0.150. The van der Waals surface area contributed by atoms with Crippen molar-refractivity contribution in [2.24, 2.45) is 0 Å². The van der Waals surface area contributed by atoms with E-state index < -0.39 is 22.5 Å². The van der Waals surface area contributed by atoms with E-state index in [-0.39, 0.29) is 17.4 Å². The average molecular weight is 340 g/mol. The van der Waals surface area contributed by atoms with E-state index in [1.165, 1.54) is 12.1 Å². The number of nitrogens with zero attached hydrogens (tertiary/aromatic N) is 1. The SMILES string of the molecule is Cc1ccc(S(=O)(=O)NCC(=O)OCC(=O)N2CCCC2)cc1. The number of carbonyl (C=O) groups excluding carboxylic acids is 2. The number of aryl methyl sites for hydroxylation is 1. The van der Waals surface area contributed by atoms with Gasteiger partial charge in [0.1, 0.15) is 6.54 Å². The zero-order valence-electron chi connectivity index (χ0n) is 12.9. The highest BCUT2D eigenvalue weighted by Crippen LogP contribution is 2.10. The first-order chi connectivity index (χ1) is 10.9.